The van der Waals surface area contributed by atoms with Gasteiger partial charge < -0.3 is 10.6 Å². The fourth-order valence-corrected chi connectivity index (χ4v) is 3.00. The number of hydrogen-bond acceptors (Lipinski definition) is 3. The van der Waals surface area contributed by atoms with E-state index in [1.807, 2.05) is 6.07 Å². The zero-order valence-corrected chi connectivity index (χ0v) is 11.7. The fourth-order valence-electron chi connectivity index (χ4n) is 2.30. The summed E-state index contributed by atoms with van der Waals surface area (Å²) in [6.45, 7) is 2.64. The fraction of sp³-hybridized carbons (Fsp3) is 0.333. The van der Waals surface area contributed by atoms with Crippen molar-refractivity contribution in [2.24, 2.45) is 0 Å². The van der Waals surface area contributed by atoms with Crippen molar-refractivity contribution in [2.75, 3.05) is 10.6 Å². The Morgan fingerprint density at radius 1 is 1.42 bits per heavy atom. The van der Waals surface area contributed by atoms with Crippen molar-refractivity contribution in [3.8, 4) is 0 Å². The lowest BCUT2D eigenvalue weighted by Gasteiger charge is -2.26. The van der Waals surface area contributed by atoms with Gasteiger partial charge in [-0.25, -0.2) is 4.39 Å². The summed E-state index contributed by atoms with van der Waals surface area (Å²) in [6.07, 6.45) is 2.39. The molecule has 2 nitrogen and oxygen atoms in total. The average Bonchev–Trinajstić information content (AvgIpc) is 3.09. The van der Waals surface area contributed by atoms with Crippen molar-refractivity contribution in [3.05, 3.63) is 45.9 Å². The second-order valence-electron chi connectivity index (χ2n) is 5.10. The Hall–Kier alpha value is -1.55. The van der Waals surface area contributed by atoms with Crippen LogP contribution in [0.15, 0.2) is 29.6 Å². The Labute approximate surface area is 116 Å². The monoisotopic (exact) mass is 276 g/mol. The number of nitrogens with zero attached hydrogens (tertiary/aromatic N) is 1. The molecule has 2 aromatic rings. The zero-order chi connectivity index (χ0) is 13.4. The predicted octanol–water partition coefficient (Wildman–Crippen LogP) is 3.95. The minimum Gasteiger partial charge on any atom is -0.397 e. The van der Waals surface area contributed by atoms with Gasteiger partial charge in [0.1, 0.15) is 5.82 Å². The molecule has 100 valence electrons. The van der Waals surface area contributed by atoms with Crippen molar-refractivity contribution in [1.82, 2.24) is 0 Å². The highest BCUT2D eigenvalue weighted by molar-refractivity contribution is 7.09. The highest BCUT2D eigenvalue weighted by Crippen LogP contribution is 2.37. The van der Waals surface area contributed by atoms with Crippen LogP contribution in [0.25, 0.3) is 0 Å². The molecule has 1 saturated carbocycles. The van der Waals surface area contributed by atoms with E-state index in [1.165, 1.54) is 23.8 Å². The van der Waals surface area contributed by atoms with E-state index >= 15 is 0 Å². The van der Waals surface area contributed by atoms with E-state index in [2.05, 4.69) is 22.4 Å². The maximum Gasteiger partial charge on any atom is 0.128 e. The molecular weight excluding hydrogens is 259 g/mol. The van der Waals surface area contributed by atoms with Crippen LogP contribution in [0.4, 0.5) is 15.8 Å². The predicted molar refractivity (Wildman–Crippen MR) is 79.1 cm³/mol. The van der Waals surface area contributed by atoms with Gasteiger partial charge in [0.15, 0.2) is 0 Å². The molecule has 2 N–H and O–H groups in total. The van der Waals surface area contributed by atoms with E-state index in [0.29, 0.717) is 17.3 Å². The third-order valence-electron chi connectivity index (χ3n) is 3.51. The number of thiophene rings is 1. The molecule has 0 radical (unpaired) electrons. The van der Waals surface area contributed by atoms with Crippen LogP contribution in [0.2, 0.25) is 0 Å². The summed E-state index contributed by atoms with van der Waals surface area (Å²) in [5.41, 5.74) is 8.16. The zero-order valence-electron chi connectivity index (χ0n) is 10.9. The Bertz CT molecular complexity index is 576. The topological polar surface area (TPSA) is 29.3 Å². The number of hydrogen-bond donors (Lipinski definition) is 1. The molecule has 1 aromatic carbocycles. The number of halogens is 1. The molecular formula is C15H17FN2S. The first-order chi connectivity index (χ1) is 9.15. The smallest absolute Gasteiger partial charge is 0.128 e. The van der Waals surface area contributed by atoms with Gasteiger partial charge >= 0.3 is 0 Å². The molecule has 0 atom stereocenters. The summed E-state index contributed by atoms with van der Waals surface area (Å²) in [5, 5.41) is 2.08. The van der Waals surface area contributed by atoms with E-state index in [0.717, 1.165) is 12.2 Å². The van der Waals surface area contributed by atoms with Crippen LogP contribution in [0.1, 0.15) is 23.3 Å². The normalized spacial score (nSPS) is 14.6. The van der Waals surface area contributed by atoms with Crippen LogP contribution in [-0.2, 0) is 6.54 Å². The Morgan fingerprint density at radius 2 is 2.21 bits per heavy atom. The summed E-state index contributed by atoms with van der Waals surface area (Å²) < 4.78 is 13.5. The highest BCUT2D eigenvalue weighted by atomic mass is 32.1. The van der Waals surface area contributed by atoms with Gasteiger partial charge in [0.25, 0.3) is 0 Å². The lowest BCUT2D eigenvalue weighted by molar-refractivity contribution is 0.618. The number of rotatable bonds is 4. The number of nitrogen functional groups attached to an aromatic ring is 1. The third-order valence-corrected chi connectivity index (χ3v) is 4.37. The molecule has 0 saturated heterocycles. The Morgan fingerprint density at radius 3 is 2.84 bits per heavy atom. The summed E-state index contributed by atoms with van der Waals surface area (Å²) in [6, 6.07) is 8.05. The molecule has 1 aliphatic carbocycles. The molecule has 1 aromatic heterocycles. The number of anilines is 2. The SMILES string of the molecule is Cc1cc(N(Cc2cccs2)C2CC2)c(N)cc1F. The Balaban J connectivity index is 1.94. The molecule has 4 heteroatoms. The van der Waals surface area contributed by atoms with Gasteiger partial charge in [-0.3, -0.25) is 0 Å². The van der Waals surface area contributed by atoms with E-state index < -0.39 is 0 Å². The Kier molecular flexibility index (Phi) is 3.19. The molecule has 19 heavy (non-hydrogen) atoms. The van der Waals surface area contributed by atoms with Gasteiger partial charge in [-0.2, -0.15) is 0 Å². The molecule has 1 heterocycles. The average molecular weight is 276 g/mol. The van der Waals surface area contributed by atoms with Gasteiger partial charge in [0.2, 0.25) is 0 Å². The minimum atomic E-state index is -0.229. The molecule has 1 fully saturated rings. The maximum absolute atomic E-state index is 13.5. The first-order valence-corrected chi connectivity index (χ1v) is 7.38. The lowest BCUT2D eigenvalue weighted by Crippen LogP contribution is -2.25. The molecule has 0 spiro atoms. The van der Waals surface area contributed by atoms with Gasteiger partial charge in [-0.15, -0.1) is 11.3 Å². The summed E-state index contributed by atoms with van der Waals surface area (Å²) in [4.78, 5) is 3.63. The lowest BCUT2D eigenvalue weighted by atomic mass is 10.1. The van der Waals surface area contributed by atoms with Crippen LogP contribution in [0, 0.1) is 12.7 Å². The molecule has 3 rings (SSSR count). The number of aryl methyl sites for hydroxylation is 1. The molecule has 0 aliphatic heterocycles. The summed E-state index contributed by atoms with van der Waals surface area (Å²) >= 11 is 1.75. The molecule has 0 unspecified atom stereocenters. The van der Waals surface area contributed by atoms with Crippen molar-refractivity contribution in [2.45, 2.75) is 32.4 Å². The quantitative estimate of drug-likeness (QED) is 0.857. The molecule has 1 aliphatic rings. The van der Waals surface area contributed by atoms with Crippen molar-refractivity contribution in [1.29, 1.82) is 0 Å². The first-order valence-electron chi connectivity index (χ1n) is 6.50. The summed E-state index contributed by atoms with van der Waals surface area (Å²) in [7, 11) is 0. The van der Waals surface area contributed by atoms with Gasteiger partial charge in [0.05, 0.1) is 17.9 Å². The van der Waals surface area contributed by atoms with E-state index in [1.54, 1.807) is 18.3 Å². The van der Waals surface area contributed by atoms with E-state index in [9.17, 15) is 4.39 Å². The van der Waals surface area contributed by atoms with Crippen LogP contribution < -0.4 is 10.6 Å². The second kappa shape index (κ2) is 4.85. The maximum atomic E-state index is 13.5. The van der Waals surface area contributed by atoms with Gasteiger partial charge in [-0.1, -0.05) is 6.07 Å². The van der Waals surface area contributed by atoms with E-state index in [-0.39, 0.29) is 5.82 Å². The number of nitrogens with two attached hydrogens (primary N) is 1. The van der Waals surface area contributed by atoms with Crippen LogP contribution >= 0.6 is 11.3 Å². The van der Waals surface area contributed by atoms with Crippen LogP contribution in [-0.4, -0.2) is 6.04 Å². The first kappa shape index (κ1) is 12.5. The van der Waals surface area contributed by atoms with E-state index in [4.69, 9.17) is 5.73 Å². The summed E-state index contributed by atoms with van der Waals surface area (Å²) in [5.74, 6) is -0.229. The number of benzene rings is 1. The standard InChI is InChI=1S/C15H17FN2S/c1-10-7-15(14(17)8-13(10)16)18(11-4-5-11)9-12-3-2-6-19-12/h2-3,6-8,11H,4-5,9,17H2,1H3. The van der Waals surface area contributed by atoms with Gasteiger partial charge in [0, 0.05) is 10.9 Å². The van der Waals surface area contributed by atoms with Crippen molar-refractivity contribution < 1.29 is 4.39 Å². The van der Waals surface area contributed by atoms with Crippen molar-refractivity contribution >= 4 is 22.7 Å². The molecule has 0 amide bonds. The highest BCUT2D eigenvalue weighted by Gasteiger charge is 2.30. The third kappa shape index (κ3) is 2.59. The minimum absolute atomic E-state index is 0.229. The van der Waals surface area contributed by atoms with Crippen LogP contribution in [0.3, 0.4) is 0 Å². The second-order valence-corrected chi connectivity index (χ2v) is 6.13. The van der Waals surface area contributed by atoms with Crippen molar-refractivity contribution in [3.63, 3.8) is 0 Å². The largest absolute Gasteiger partial charge is 0.397 e. The molecule has 0 bridgehead atoms. The van der Waals surface area contributed by atoms with Crippen LogP contribution in [0.5, 0.6) is 0 Å². The van der Waals surface area contributed by atoms with Gasteiger partial charge in [-0.05, 0) is 48.9 Å².